The maximum atomic E-state index is 12.3. The predicted molar refractivity (Wildman–Crippen MR) is 81.0 cm³/mol. The molecule has 0 aliphatic carbocycles. The molecule has 0 bridgehead atoms. The highest BCUT2D eigenvalue weighted by Gasteiger charge is 2.41. The molecule has 1 unspecified atom stereocenters. The highest BCUT2D eigenvalue weighted by atomic mass is 16.6. The number of piperazine rings is 1. The van der Waals surface area contributed by atoms with E-state index in [1.54, 1.807) is 0 Å². The van der Waals surface area contributed by atoms with E-state index in [2.05, 4.69) is 17.3 Å². The van der Waals surface area contributed by atoms with Crippen LogP contribution in [0, 0.1) is 0 Å². The van der Waals surface area contributed by atoms with Crippen LogP contribution >= 0.6 is 0 Å². The number of rotatable bonds is 2. The topological polar surface area (TPSA) is 44.8 Å². The van der Waals surface area contributed by atoms with Gasteiger partial charge in [0.05, 0.1) is 5.54 Å². The number of likely N-dealkylation sites (tertiary alicyclic amines) is 1. The summed E-state index contributed by atoms with van der Waals surface area (Å²) in [5.74, 6) is 0. The van der Waals surface area contributed by atoms with Crippen LogP contribution in [0.2, 0.25) is 0 Å². The standard InChI is InChI=1S/C16H23N3O2/c1-18-9-7-16(12-18)13-19(10-8-17-16)15(20)21-11-14-5-3-2-4-6-14/h2-6,17H,7-13H2,1H3. The van der Waals surface area contributed by atoms with E-state index in [0.717, 1.165) is 44.7 Å². The molecule has 3 rings (SSSR count). The Morgan fingerprint density at radius 2 is 2.10 bits per heavy atom. The minimum Gasteiger partial charge on any atom is -0.445 e. The summed E-state index contributed by atoms with van der Waals surface area (Å²) in [6.07, 6.45) is 0.890. The molecule has 2 heterocycles. The maximum absolute atomic E-state index is 12.3. The lowest BCUT2D eigenvalue weighted by molar-refractivity contribution is 0.0703. The lowest BCUT2D eigenvalue weighted by atomic mass is 9.96. The van der Waals surface area contributed by atoms with Gasteiger partial charge in [-0.3, -0.25) is 0 Å². The van der Waals surface area contributed by atoms with Gasteiger partial charge in [-0.25, -0.2) is 4.79 Å². The lowest BCUT2D eigenvalue weighted by Gasteiger charge is -2.40. The summed E-state index contributed by atoms with van der Waals surface area (Å²) < 4.78 is 5.44. The Balaban J connectivity index is 1.55. The average molecular weight is 289 g/mol. The van der Waals surface area contributed by atoms with E-state index < -0.39 is 0 Å². The summed E-state index contributed by atoms with van der Waals surface area (Å²) in [4.78, 5) is 16.4. The molecule has 2 aliphatic heterocycles. The monoisotopic (exact) mass is 289 g/mol. The molecule has 5 heteroatoms. The van der Waals surface area contributed by atoms with Gasteiger partial charge in [0.15, 0.2) is 0 Å². The normalized spacial score (nSPS) is 26.2. The van der Waals surface area contributed by atoms with Gasteiger partial charge in [-0.1, -0.05) is 30.3 Å². The van der Waals surface area contributed by atoms with Gasteiger partial charge in [-0.05, 0) is 25.6 Å². The largest absolute Gasteiger partial charge is 0.445 e. The first kappa shape index (κ1) is 14.4. The number of hydrogen-bond acceptors (Lipinski definition) is 4. The number of nitrogens with one attached hydrogen (secondary N) is 1. The van der Waals surface area contributed by atoms with Gasteiger partial charge in [-0.2, -0.15) is 0 Å². The fourth-order valence-electron chi connectivity index (χ4n) is 3.28. The van der Waals surface area contributed by atoms with Crippen LogP contribution in [0.3, 0.4) is 0 Å². The Morgan fingerprint density at radius 1 is 1.29 bits per heavy atom. The van der Waals surface area contributed by atoms with Gasteiger partial charge < -0.3 is 19.9 Å². The third-order valence-electron chi connectivity index (χ3n) is 4.38. The van der Waals surface area contributed by atoms with Crippen LogP contribution in [0.1, 0.15) is 12.0 Å². The van der Waals surface area contributed by atoms with E-state index >= 15 is 0 Å². The summed E-state index contributed by atoms with van der Waals surface area (Å²) in [6, 6.07) is 9.81. The van der Waals surface area contributed by atoms with Crippen molar-refractivity contribution in [1.29, 1.82) is 0 Å². The van der Waals surface area contributed by atoms with E-state index in [4.69, 9.17) is 4.74 Å². The Hall–Kier alpha value is -1.59. The SMILES string of the molecule is CN1CCC2(C1)CN(C(=O)OCc1ccccc1)CCN2. The van der Waals surface area contributed by atoms with E-state index in [1.165, 1.54) is 0 Å². The van der Waals surface area contributed by atoms with Gasteiger partial charge in [0.25, 0.3) is 0 Å². The molecule has 1 amide bonds. The van der Waals surface area contributed by atoms with E-state index in [0.29, 0.717) is 6.61 Å². The lowest BCUT2D eigenvalue weighted by Crippen LogP contribution is -2.62. The third-order valence-corrected chi connectivity index (χ3v) is 4.38. The number of ether oxygens (including phenoxy) is 1. The van der Waals surface area contributed by atoms with Crippen LogP contribution in [0.4, 0.5) is 4.79 Å². The third kappa shape index (κ3) is 3.36. The summed E-state index contributed by atoms with van der Waals surface area (Å²) in [5, 5.41) is 3.59. The van der Waals surface area contributed by atoms with Crippen molar-refractivity contribution in [1.82, 2.24) is 15.1 Å². The summed E-state index contributed by atoms with van der Waals surface area (Å²) in [7, 11) is 2.13. The van der Waals surface area contributed by atoms with Crippen LogP contribution in [-0.2, 0) is 11.3 Å². The zero-order valence-electron chi connectivity index (χ0n) is 12.5. The number of hydrogen-bond donors (Lipinski definition) is 1. The molecule has 0 radical (unpaired) electrons. The number of amides is 1. The van der Waals surface area contributed by atoms with E-state index in [-0.39, 0.29) is 11.6 Å². The zero-order chi connectivity index (χ0) is 14.7. The van der Waals surface area contributed by atoms with Crippen molar-refractivity contribution in [2.75, 3.05) is 39.8 Å². The van der Waals surface area contributed by atoms with Crippen LogP contribution < -0.4 is 5.32 Å². The van der Waals surface area contributed by atoms with E-state index in [9.17, 15) is 4.79 Å². The minimum absolute atomic E-state index is 0.0543. The number of nitrogens with zero attached hydrogens (tertiary/aromatic N) is 2. The molecule has 1 aromatic rings. The Kier molecular flexibility index (Phi) is 4.12. The predicted octanol–water partition coefficient (Wildman–Crippen LogP) is 1.30. The number of carbonyl (C=O) groups is 1. The molecule has 1 N–H and O–H groups in total. The average Bonchev–Trinajstić information content (AvgIpc) is 2.86. The molecule has 1 spiro atoms. The smallest absolute Gasteiger partial charge is 0.410 e. The second kappa shape index (κ2) is 6.03. The molecule has 0 aromatic heterocycles. The molecule has 114 valence electrons. The molecule has 1 atom stereocenters. The van der Waals surface area contributed by atoms with Crippen LogP contribution in [0.25, 0.3) is 0 Å². The molecular weight excluding hydrogens is 266 g/mol. The summed E-state index contributed by atoms with van der Waals surface area (Å²) in [5.41, 5.74) is 1.08. The summed E-state index contributed by atoms with van der Waals surface area (Å²) >= 11 is 0. The van der Waals surface area contributed by atoms with Crippen molar-refractivity contribution in [3.05, 3.63) is 35.9 Å². The van der Waals surface area contributed by atoms with Gasteiger partial charge in [0, 0.05) is 26.2 Å². The van der Waals surface area contributed by atoms with Crippen molar-refractivity contribution < 1.29 is 9.53 Å². The van der Waals surface area contributed by atoms with Crippen molar-refractivity contribution >= 4 is 6.09 Å². The quantitative estimate of drug-likeness (QED) is 0.891. The van der Waals surface area contributed by atoms with Crippen LogP contribution in [-0.4, -0.2) is 61.2 Å². The van der Waals surface area contributed by atoms with Gasteiger partial charge in [0.1, 0.15) is 6.61 Å². The second-order valence-corrected chi connectivity index (χ2v) is 6.16. The number of carbonyl (C=O) groups excluding carboxylic acids is 1. The van der Waals surface area contributed by atoms with Crippen molar-refractivity contribution in [2.45, 2.75) is 18.6 Å². The van der Waals surface area contributed by atoms with E-state index in [1.807, 2.05) is 35.2 Å². The molecule has 2 fully saturated rings. The Bertz CT molecular complexity index is 490. The Labute approximate surface area is 125 Å². The first-order chi connectivity index (χ1) is 10.2. The van der Waals surface area contributed by atoms with Crippen molar-refractivity contribution in [3.63, 3.8) is 0 Å². The molecule has 5 nitrogen and oxygen atoms in total. The first-order valence-electron chi connectivity index (χ1n) is 7.56. The molecule has 21 heavy (non-hydrogen) atoms. The van der Waals surface area contributed by atoms with Crippen molar-refractivity contribution in [3.8, 4) is 0 Å². The molecule has 2 aliphatic rings. The number of likely N-dealkylation sites (N-methyl/N-ethyl adjacent to an activating group) is 1. The maximum Gasteiger partial charge on any atom is 0.410 e. The van der Waals surface area contributed by atoms with Gasteiger partial charge in [0.2, 0.25) is 0 Å². The fraction of sp³-hybridized carbons (Fsp3) is 0.562. The van der Waals surface area contributed by atoms with Crippen LogP contribution in [0.5, 0.6) is 0 Å². The van der Waals surface area contributed by atoms with Gasteiger partial charge in [-0.15, -0.1) is 0 Å². The summed E-state index contributed by atoms with van der Waals surface area (Å²) in [6.45, 7) is 4.73. The molecule has 2 saturated heterocycles. The zero-order valence-corrected chi connectivity index (χ0v) is 12.5. The molecular formula is C16H23N3O2. The highest BCUT2D eigenvalue weighted by Crippen LogP contribution is 2.24. The number of benzene rings is 1. The first-order valence-corrected chi connectivity index (χ1v) is 7.56. The minimum atomic E-state index is -0.200. The highest BCUT2D eigenvalue weighted by molar-refractivity contribution is 5.68. The second-order valence-electron chi connectivity index (χ2n) is 6.16. The van der Waals surface area contributed by atoms with Crippen molar-refractivity contribution in [2.24, 2.45) is 0 Å². The fourth-order valence-corrected chi connectivity index (χ4v) is 3.28. The Morgan fingerprint density at radius 3 is 2.81 bits per heavy atom. The molecule has 1 aromatic carbocycles. The van der Waals surface area contributed by atoms with Crippen LogP contribution in [0.15, 0.2) is 30.3 Å². The van der Waals surface area contributed by atoms with Gasteiger partial charge >= 0.3 is 6.09 Å². The molecule has 0 saturated carbocycles.